The predicted molar refractivity (Wildman–Crippen MR) is 80.7 cm³/mol. The summed E-state index contributed by atoms with van der Waals surface area (Å²) in [6.07, 6.45) is 1.25. The molecule has 3 rings (SSSR count). The van der Waals surface area contributed by atoms with E-state index in [-0.39, 0.29) is 12.1 Å². The Kier molecular flexibility index (Phi) is 3.57. The van der Waals surface area contributed by atoms with Crippen molar-refractivity contribution in [2.45, 2.75) is 13.0 Å². The van der Waals surface area contributed by atoms with Crippen LogP contribution in [0.25, 0.3) is 5.78 Å². The largest absolute Gasteiger partial charge is 0.481 e. The monoisotopic (exact) mass is 323 g/mol. The van der Waals surface area contributed by atoms with E-state index in [4.69, 9.17) is 33.7 Å². The molecule has 1 aromatic carbocycles. The van der Waals surface area contributed by atoms with Crippen LogP contribution in [0.1, 0.15) is 18.7 Å². The van der Waals surface area contributed by atoms with Crippen molar-refractivity contribution in [1.82, 2.24) is 19.6 Å². The fourth-order valence-electron chi connectivity index (χ4n) is 1.97. The van der Waals surface area contributed by atoms with Gasteiger partial charge in [-0.2, -0.15) is 9.50 Å². The molecule has 0 amide bonds. The normalized spacial score (nSPS) is 12.5. The van der Waals surface area contributed by atoms with Gasteiger partial charge in [0.05, 0.1) is 15.7 Å². The molecular formula is C13H11Cl2N5O. The Hall–Kier alpha value is -2.05. The predicted octanol–water partition coefficient (Wildman–Crippen LogP) is 3.15. The van der Waals surface area contributed by atoms with Gasteiger partial charge in [-0.25, -0.2) is 4.98 Å². The molecule has 0 saturated carbocycles. The third-order valence-corrected chi connectivity index (χ3v) is 3.51. The second-order valence-electron chi connectivity index (χ2n) is 4.36. The zero-order valence-electron chi connectivity index (χ0n) is 11.0. The molecular weight excluding hydrogens is 313 g/mol. The lowest BCUT2D eigenvalue weighted by atomic mass is 10.2. The van der Waals surface area contributed by atoms with Crippen molar-refractivity contribution in [2.75, 3.05) is 5.73 Å². The van der Waals surface area contributed by atoms with Gasteiger partial charge in [-0.1, -0.05) is 29.3 Å². The number of halogens is 2. The molecule has 0 fully saturated rings. The highest BCUT2D eigenvalue weighted by atomic mass is 35.5. The van der Waals surface area contributed by atoms with E-state index in [1.807, 2.05) is 6.92 Å². The zero-order valence-corrected chi connectivity index (χ0v) is 12.5. The lowest BCUT2D eigenvalue weighted by Gasteiger charge is -2.17. The first kappa shape index (κ1) is 13.9. The molecule has 0 aliphatic rings. The number of nitrogens with zero attached hydrogens (tertiary/aromatic N) is 4. The lowest BCUT2D eigenvalue weighted by molar-refractivity contribution is 0.219. The molecule has 0 bridgehead atoms. The fourth-order valence-corrected chi connectivity index (χ4v) is 2.45. The molecule has 2 heterocycles. The molecule has 2 aromatic heterocycles. The minimum absolute atomic E-state index is 0.151. The summed E-state index contributed by atoms with van der Waals surface area (Å²) in [5.41, 5.74) is 6.33. The Morgan fingerprint density at radius 2 is 1.95 bits per heavy atom. The standard InChI is InChI=1S/C13H11Cl2N5O/c1-7(21-11-8(14)3-2-4-9(11)15)10-5-6-17-13-18-12(16)19-20(10)13/h2-7H,1H3,(H2,16,19). The second-order valence-corrected chi connectivity index (χ2v) is 5.18. The molecule has 6 nitrogen and oxygen atoms in total. The smallest absolute Gasteiger partial charge is 0.254 e. The number of nitrogens with two attached hydrogens (primary N) is 1. The summed E-state index contributed by atoms with van der Waals surface area (Å²) in [5, 5.41) is 4.98. The number of fused-ring (bicyclic) bond motifs is 1. The number of anilines is 1. The molecule has 108 valence electrons. The van der Waals surface area contributed by atoms with E-state index in [1.54, 1.807) is 30.5 Å². The van der Waals surface area contributed by atoms with E-state index in [2.05, 4.69) is 15.1 Å². The molecule has 1 atom stereocenters. The number of aromatic nitrogens is 4. The molecule has 3 aromatic rings. The average Bonchev–Trinajstić information content (AvgIpc) is 2.82. The van der Waals surface area contributed by atoms with Crippen molar-refractivity contribution < 1.29 is 4.74 Å². The maximum atomic E-state index is 6.11. The summed E-state index contributed by atoms with van der Waals surface area (Å²) in [7, 11) is 0. The maximum Gasteiger partial charge on any atom is 0.254 e. The van der Waals surface area contributed by atoms with Gasteiger partial charge in [-0.05, 0) is 25.1 Å². The summed E-state index contributed by atoms with van der Waals surface area (Å²) in [4.78, 5) is 8.10. The fraction of sp³-hybridized carbons (Fsp3) is 0.154. The van der Waals surface area contributed by atoms with Crippen LogP contribution in [0.15, 0.2) is 30.5 Å². The van der Waals surface area contributed by atoms with Crippen LogP contribution >= 0.6 is 23.2 Å². The number of hydrogen-bond donors (Lipinski definition) is 1. The third kappa shape index (κ3) is 2.59. The molecule has 0 aliphatic carbocycles. The van der Waals surface area contributed by atoms with Crippen LogP contribution in [0.3, 0.4) is 0 Å². The van der Waals surface area contributed by atoms with Gasteiger partial charge in [-0.15, -0.1) is 5.10 Å². The van der Waals surface area contributed by atoms with Crippen LogP contribution in [-0.2, 0) is 0 Å². The minimum atomic E-state index is -0.367. The summed E-state index contributed by atoms with van der Waals surface area (Å²) in [6.45, 7) is 1.85. The van der Waals surface area contributed by atoms with E-state index in [1.165, 1.54) is 4.52 Å². The van der Waals surface area contributed by atoms with Crippen LogP contribution < -0.4 is 10.5 Å². The molecule has 8 heteroatoms. The van der Waals surface area contributed by atoms with E-state index < -0.39 is 0 Å². The summed E-state index contributed by atoms with van der Waals surface area (Å²) >= 11 is 12.2. The number of rotatable bonds is 3. The molecule has 0 aliphatic heterocycles. The topological polar surface area (TPSA) is 78.3 Å². The Balaban J connectivity index is 1.99. The first-order valence-electron chi connectivity index (χ1n) is 6.14. The number of para-hydroxylation sites is 1. The summed E-state index contributed by atoms with van der Waals surface area (Å²) in [5.74, 6) is 0.981. The van der Waals surface area contributed by atoms with Gasteiger partial charge < -0.3 is 10.5 Å². The molecule has 0 spiro atoms. The number of nitrogen functional groups attached to an aromatic ring is 1. The summed E-state index contributed by atoms with van der Waals surface area (Å²) < 4.78 is 7.39. The first-order valence-corrected chi connectivity index (χ1v) is 6.89. The highest BCUT2D eigenvalue weighted by Gasteiger charge is 2.17. The maximum absolute atomic E-state index is 6.11. The van der Waals surface area contributed by atoms with Crippen LogP contribution in [0.5, 0.6) is 5.75 Å². The molecule has 0 radical (unpaired) electrons. The van der Waals surface area contributed by atoms with Gasteiger partial charge in [0.15, 0.2) is 5.75 Å². The van der Waals surface area contributed by atoms with Crippen molar-refractivity contribution in [3.8, 4) is 5.75 Å². The van der Waals surface area contributed by atoms with Crippen molar-refractivity contribution in [2.24, 2.45) is 0 Å². The van der Waals surface area contributed by atoms with Gasteiger partial charge in [0.1, 0.15) is 6.10 Å². The Morgan fingerprint density at radius 1 is 1.24 bits per heavy atom. The van der Waals surface area contributed by atoms with E-state index in [0.29, 0.717) is 21.6 Å². The molecule has 1 unspecified atom stereocenters. The highest BCUT2D eigenvalue weighted by molar-refractivity contribution is 6.37. The number of hydrogen-bond acceptors (Lipinski definition) is 5. The zero-order chi connectivity index (χ0) is 15.0. The van der Waals surface area contributed by atoms with Crippen molar-refractivity contribution in [3.63, 3.8) is 0 Å². The van der Waals surface area contributed by atoms with Crippen molar-refractivity contribution in [3.05, 3.63) is 46.2 Å². The third-order valence-electron chi connectivity index (χ3n) is 2.92. The SMILES string of the molecule is CC(Oc1c(Cl)cccc1Cl)c1ccnc2nc(N)nn12. The van der Waals surface area contributed by atoms with Gasteiger partial charge in [0, 0.05) is 6.20 Å². The minimum Gasteiger partial charge on any atom is -0.481 e. The first-order chi connectivity index (χ1) is 10.1. The van der Waals surface area contributed by atoms with E-state index in [0.717, 1.165) is 5.69 Å². The second kappa shape index (κ2) is 5.38. The van der Waals surface area contributed by atoms with Gasteiger partial charge in [-0.3, -0.25) is 0 Å². The van der Waals surface area contributed by atoms with Gasteiger partial charge in [0.25, 0.3) is 5.78 Å². The van der Waals surface area contributed by atoms with Crippen molar-refractivity contribution in [1.29, 1.82) is 0 Å². The Labute approximate surface area is 130 Å². The highest BCUT2D eigenvalue weighted by Crippen LogP contribution is 2.35. The quantitative estimate of drug-likeness (QED) is 0.801. The average molecular weight is 324 g/mol. The van der Waals surface area contributed by atoms with Crippen LogP contribution in [0.4, 0.5) is 5.95 Å². The Morgan fingerprint density at radius 3 is 2.67 bits per heavy atom. The number of benzene rings is 1. The molecule has 2 N–H and O–H groups in total. The van der Waals surface area contributed by atoms with Gasteiger partial charge >= 0.3 is 0 Å². The molecule has 21 heavy (non-hydrogen) atoms. The Bertz CT molecular complexity index is 784. The van der Waals surface area contributed by atoms with E-state index >= 15 is 0 Å². The number of ether oxygens (including phenoxy) is 1. The van der Waals surface area contributed by atoms with Crippen LogP contribution in [0.2, 0.25) is 10.0 Å². The van der Waals surface area contributed by atoms with Crippen molar-refractivity contribution >= 4 is 34.9 Å². The van der Waals surface area contributed by atoms with Gasteiger partial charge in [0.2, 0.25) is 5.95 Å². The van der Waals surface area contributed by atoms with Crippen LogP contribution in [0, 0.1) is 0 Å². The lowest BCUT2D eigenvalue weighted by Crippen LogP contribution is -2.10. The summed E-state index contributed by atoms with van der Waals surface area (Å²) in [6, 6.07) is 6.96. The molecule has 0 saturated heterocycles. The van der Waals surface area contributed by atoms with E-state index in [9.17, 15) is 0 Å². The van der Waals surface area contributed by atoms with Crippen LogP contribution in [-0.4, -0.2) is 19.6 Å².